The number of hydrogen-bond acceptors (Lipinski definition) is 8. The number of nitrogens with zero attached hydrogens (tertiary/aromatic N) is 4. The van der Waals surface area contributed by atoms with Crippen LogP contribution in [0, 0.1) is 5.92 Å². The second-order valence-electron chi connectivity index (χ2n) is 9.35. The second-order valence-corrected chi connectivity index (χ2v) is 10.4. The number of likely N-dealkylation sites (tertiary alicyclic amines) is 1. The van der Waals surface area contributed by atoms with Crippen LogP contribution in [0.4, 0.5) is 0 Å². The molecule has 3 aromatic heterocycles. The standard InChI is InChI=1S/C29H24N4O5S/c1-2-24(36)32-15-17(23(35)16-32)14-22(34)27-26-25-21(12-13-30-28(25)39-27)33(29(37)31-26)18-8-10-20(11-9-18)38-19-6-4-3-5-7-19/h2-13,17,23,34-35H,1,14-16H2/t17-,23-/m0/s1. The number of ether oxygens (including phenoxy) is 1. The first-order valence-corrected chi connectivity index (χ1v) is 13.2. The lowest BCUT2D eigenvalue weighted by Gasteiger charge is -2.13. The van der Waals surface area contributed by atoms with Crippen molar-refractivity contribution in [3.63, 3.8) is 0 Å². The molecule has 2 atom stereocenters. The second kappa shape index (κ2) is 9.97. The van der Waals surface area contributed by atoms with Crippen LogP contribution in [0.2, 0.25) is 0 Å². The van der Waals surface area contributed by atoms with Crippen LogP contribution in [0.25, 0.3) is 32.7 Å². The number of thiophene rings is 1. The third-order valence-corrected chi connectivity index (χ3v) is 8.00. The van der Waals surface area contributed by atoms with Crippen molar-refractivity contribution in [1.29, 1.82) is 0 Å². The molecule has 6 rings (SSSR count). The highest BCUT2D eigenvalue weighted by Gasteiger charge is 2.34. The van der Waals surface area contributed by atoms with Crippen molar-refractivity contribution in [3.8, 4) is 17.2 Å². The Morgan fingerprint density at radius 1 is 1.10 bits per heavy atom. The lowest BCUT2D eigenvalue weighted by Crippen LogP contribution is -2.27. The molecule has 0 unspecified atom stereocenters. The number of amides is 1. The van der Waals surface area contributed by atoms with E-state index in [-0.39, 0.29) is 30.5 Å². The van der Waals surface area contributed by atoms with E-state index in [9.17, 15) is 19.8 Å². The molecular weight excluding hydrogens is 516 g/mol. The summed E-state index contributed by atoms with van der Waals surface area (Å²) in [5.41, 5.74) is 1.10. The van der Waals surface area contributed by atoms with E-state index in [0.717, 1.165) is 0 Å². The van der Waals surface area contributed by atoms with E-state index in [1.807, 2.05) is 30.3 Å². The van der Waals surface area contributed by atoms with Crippen LogP contribution < -0.4 is 15.0 Å². The number of β-amino-alcohol motifs (C(OH)–C–C–N with tert-alkyl or cyclic N) is 1. The molecule has 5 aromatic rings. The minimum atomic E-state index is -0.779. The summed E-state index contributed by atoms with van der Waals surface area (Å²) in [5, 5.41) is 22.2. The molecule has 4 heterocycles. The van der Waals surface area contributed by atoms with Crippen molar-refractivity contribution in [1.82, 2.24) is 19.4 Å². The summed E-state index contributed by atoms with van der Waals surface area (Å²) >= 11 is 1.24. The Bertz CT molecular complexity index is 1810. The first-order valence-electron chi connectivity index (χ1n) is 12.4. The summed E-state index contributed by atoms with van der Waals surface area (Å²) in [6.07, 6.45) is 2.19. The van der Waals surface area contributed by atoms with Crippen molar-refractivity contribution in [3.05, 3.63) is 94.5 Å². The molecule has 1 aliphatic heterocycles. The van der Waals surface area contributed by atoms with Crippen LogP contribution >= 0.6 is 11.3 Å². The van der Waals surface area contributed by atoms with E-state index in [1.54, 1.807) is 36.5 Å². The van der Waals surface area contributed by atoms with Gasteiger partial charge < -0.3 is 19.8 Å². The van der Waals surface area contributed by atoms with Gasteiger partial charge in [-0.2, -0.15) is 4.98 Å². The number of carbonyl (C=O) groups excluding carboxylic acids is 1. The first kappa shape index (κ1) is 24.8. The summed E-state index contributed by atoms with van der Waals surface area (Å²) in [6, 6.07) is 18.3. The Morgan fingerprint density at radius 3 is 2.59 bits per heavy atom. The lowest BCUT2D eigenvalue weighted by atomic mass is 10.0. The molecule has 1 fully saturated rings. The highest BCUT2D eigenvalue weighted by molar-refractivity contribution is 7.17. The van der Waals surface area contributed by atoms with Crippen LogP contribution in [-0.4, -0.2) is 54.7 Å². The van der Waals surface area contributed by atoms with Crippen LogP contribution in [0.15, 0.2) is 84.3 Å². The fourth-order valence-electron chi connectivity index (χ4n) is 4.97. The van der Waals surface area contributed by atoms with Gasteiger partial charge in [-0.15, -0.1) is 11.3 Å². The number of pyridine rings is 1. The Balaban J connectivity index is 1.38. The molecule has 0 saturated carbocycles. The van der Waals surface area contributed by atoms with Gasteiger partial charge in [0.05, 0.1) is 27.2 Å². The van der Waals surface area contributed by atoms with Gasteiger partial charge in [0.15, 0.2) is 0 Å². The van der Waals surface area contributed by atoms with E-state index in [0.29, 0.717) is 49.5 Å². The zero-order chi connectivity index (χ0) is 27.1. The SMILES string of the molecule is C=CC(=O)N1C[C@H](CC(O)=c2sc3nccc4c3c2nc(=O)n4-c2ccc(Oc3ccccc3)cc2)[C@@H](O)C1. The van der Waals surface area contributed by atoms with Gasteiger partial charge in [0, 0.05) is 31.6 Å². The van der Waals surface area contributed by atoms with Crippen LogP contribution in [0.3, 0.4) is 0 Å². The average molecular weight is 541 g/mol. The van der Waals surface area contributed by atoms with Gasteiger partial charge in [-0.1, -0.05) is 24.8 Å². The molecule has 2 N–H and O–H groups in total. The molecule has 0 spiro atoms. The molecule has 9 nitrogen and oxygen atoms in total. The largest absolute Gasteiger partial charge is 0.511 e. The van der Waals surface area contributed by atoms with Gasteiger partial charge in [-0.05, 0) is 48.5 Å². The Hall–Kier alpha value is -4.54. The van der Waals surface area contributed by atoms with Gasteiger partial charge in [0.1, 0.15) is 27.6 Å². The maximum Gasteiger partial charge on any atom is 0.353 e. The maximum absolute atomic E-state index is 13.3. The molecule has 10 heteroatoms. The van der Waals surface area contributed by atoms with E-state index >= 15 is 0 Å². The highest BCUT2D eigenvalue weighted by Crippen LogP contribution is 2.29. The van der Waals surface area contributed by atoms with Crippen LogP contribution in [0.1, 0.15) is 6.42 Å². The monoisotopic (exact) mass is 540 g/mol. The Labute approximate surface area is 226 Å². The number of para-hydroxylation sites is 1. The molecule has 0 radical (unpaired) electrons. The number of aromatic nitrogens is 3. The predicted octanol–water partition coefficient (Wildman–Crippen LogP) is 3.57. The molecule has 1 amide bonds. The Kier molecular flexibility index (Phi) is 6.34. The molecular formula is C29H24N4O5S. The number of aliphatic hydroxyl groups excluding tert-OH is 2. The number of aliphatic hydroxyl groups is 2. The van der Waals surface area contributed by atoms with Crippen molar-refractivity contribution in [2.24, 2.45) is 5.92 Å². The summed E-state index contributed by atoms with van der Waals surface area (Å²) in [7, 11) is 0. The first-order chi connectivity index (χ1) is 18.9. The van der Waals surface area contributed by atoms with E-state index < -0.39 is 11.8 Å². The number of rotatable bonds is 6. The molecule has 39 heavy (non-hydrogen) atoms. The molecule has 0 bridgehead atoms. The predicted molar refractivity (Wildman–Crippen MR) is 149 cm³/mol. The van der Waals surface area contributed by atoms with Crippen molar-refractivity contribution < 1.29 is 19.7 Å². The van der Waals surface area contributed by atoms with E-state index in [1.165, 1.54) is 26.9 Å². The third-order valence-electron chi connectivity index (χ3n) is 6.87. The summed E-state index contributed by atoms with van der Waals surface area (Å²) < 4.78 is 7.81. The van der Waals surface area contributed by atoms with Gasteiger partial charge >= 0.3 is 5.69 Å². The van der Waals surface area contributed by atoms with Crippen LogP contribution in [0.5, 0.6) is 11.5 Å². The molecule has 2 aromatic carbocycles. The van der Waals surface area contributed by atoms with Crippen molar-refractivity contribution >= 4 is 44.3 Å². The van der Waals surface area contributed by atoms with Gasteiger partial charge in [-0.25, -0.2) is 9.78 Å². The van der Waals surface area contributed by atoms with Crippen molar-refractivity contribution in [2.45, 2.75) is 12.5 Å². The smallest absolute Gasteiger partial charge is 0.353 e. The zero-order valence-electron chi connectivity index (χ0n) is 20.7. The normalized spacial score (nSPS) is 18.0. The fourth-order valence-corrected chi connectivity index (χ4v) is 6.03. The van der Waals surface area contributed by atoms with E-state index in [4.69, 9.17) is 4.74 Å². The average Bonchev–Trinajstić information content (AvgIpc) is 3.50. The third kappa shape index (κ3) is 4.53. The zero-order valence-corrected chi connectivity index (χ0v) is 21.5. The number of benzene rings is 2. The molecule has 196 valence electrons. The summed E-state index contributed by atoms with van der Waals surface area (Å²) in [5.74, 6) is 0.727. The Morgan fingerprint density at radius 2 is 1.85 bits per heavy atom. The summed E-state index contributed by atoms with van der Waals surface area (Å²) in [4.78, 5) is 36.2. The minimum absolute atomic E-state index is 0.00307. The number of carbonyl (C=O) groups is 1. The number of hydrogen-bond donors (Lipinski definition) is 2. The molecule has 0 aliphatic carbocycles. The van der Waals surface area contributed by atoms with Gasteiger partial charge in [0.2, 0.25) is 5.91 Å². The molecule has 1 aliphatic rings. The molecule has 1 saturated heterocycles. The van der Waals surface area contributed by atoms with Crippen LogP contribution in [-0.2, 0) is 4.79 Å². The van der Waals surface area contributed by atoms with Gasteiger partial charge in [0.25, 0.3) is 0 Å². The maximum atomic E-state index is 13.3. The fraction of sp³-hybridized carbons (Fsp3) is 0.172. The highest BCUT2D eigenvalue weighted by atomic mass is 32.1. The van der Waals surface area contributed by atoms with Gasteiger partial charge in [-0.3, -0.25) is 9.36 Å². The minimum Gasteiger partial charge on any atom is -0.511 e. The lowest BCUT2D eigenvalue weighted by molar-refractivity contribution is -0.125. The topological polar surface area (TPSA) is 118 Å². The van der Waals surface area contributed by atoms with E-state index in [2.05, 4.69) is 16.5 Å². The summed E-state index contributed by atoms with van der Waals surface area (Å²) in [6.45, 7) is 3.97. The van der Waals surface area contributed by atoms with Crippen molar-refractivity contribution in [2.75, 3.05) is 13.1 Å². The quantitative estimate of drug-likeness (QED) is 0.316.